The Morgan fingerprint density at radius 2 is 1.93 bits per heavy atom. The molecule has 0 aromatic carbocycles. The van der Waals surface area contributed by atoms with Gasteiger partial charge in [0.25, 0.3) is 5.91 Å². The Balaban J connectivity index is 1.40. The number of amides is 2. The molecule has 1 aromatic heterocycles. The van der Waals surface area contributed by atoms with Gasteiger partial charge in [-0.15, -0.1) is 0 Å². The molecule has 1 N–H and O–H groups in total. The number of rotatable bonds is 3. The maximum atomic E-state index is 13.1. The summed E-state index contributed by atoms with van der Waals surface area (Å²) in [5.74, 6) is -0.234. The number of aromatic nitrogens is 1. The highest BCUT2D eigenvalue weighted by atomic mass is 16.5. The van der Waals surface area contributed by atoms with Gasteiger partial charge < -0.3 is 15.0 Å². The second-order valence-corrected chi connectivity index (χ2v) is 7.72. The number of ether oxygens (including phenoxy) is 1. The molecule has 0 radical (unpaired) electrons. The first kappa shape index (κ1) is 18.4. The van der Waals surface area contributed by atoms with Crippen molar-refractivity contribution >= 4 is 11.8 Å². The van der Waals surface area contributed by atoms with Crippen LogP contribution < -0.4 is 5.32 Å². The molecule has 3 fully saturated rings. The third kappa shape index (κ3) is 4.14. The quantitative estimate of drug-likeness (QED) is 0.861. The molecule has 0 spiro atoms. The highest BCUT2D eigenvalue weighted by molar-refractivity contribution is 5.86. The molecule has 146 valence electrons. The maximum Gasteiger partial charge on any atom is 0.254 e. The smallest absolute Gasteiger partial charge is 0.254 e. The summed E-state index contributed by atoms with van der Waals surface area (Å²) in [6.07, 6.45) is 9.25. The van der Waals surface area contributed by atoms with Crippen molar-refractivity contribution in [1.29, 1.82) is 0 Å². The monoisotopic (exact) mass is 372 g/mol. The molecule has 7 heteroatoms. The Hall–Kier alpha value is -1.99. The van der Waals surface area contributed by atoms with E-state index in [0.717, 1.165) is 31.7 Å². The van der Waals surface area contributed by atoms with Gasteiger partial charge in [-0.25, -0.2) is 0 Å². The molecule has 1 aromatic rings. The van der Waals surface area contributed by atoms with Crippen molar-refractivity contribution in [2.45, 2.75) is 50.3 Å². The highest BCUT2D eigenvalue weighted by Gasteiger charge is 2.39. The number of pyridine rings is 1. The summed E-state index contributed by atoms with van der Waals surface area (Å²) in [6.45, 7) is 3.22. The van der Waals surface area contributed by atoms with Crippen LogP contribution >= 0.6 is 0 Å². The standard InChI is InChI=1S/C20H28N4O3/c25-17-14-27-19(18(22-17)15-5-4-8-21-13-15)20(26)24-11-9-23(10-12-24)16-6-2-1-3-7-16/h4-5,8,13,16,18-19H,1-3,6-7,9-12,14H2,(H,22,25)/t18-,19+/m1/s1. The lowest BCUT2D eigenvalue weighted by atomic mass is 9.93. The van der Waals surface area contributed by atoms with Crippen LogP contribution in [0.4, 0.5) is 0 Å². The summed E-state index contributed by atoms with van der Waals surface area (Å²) in [7, 11) is 0. The zero-order chi connectivity index (χ0) is 18.6. The normalized spacial score (nSPS) is 28.0. The van der Waals surface area contributed by atoms with Gasteiger partial charge in [-0.05, 0) is 24.5 Å². The van der Waals surface area contributed by atoms with E-state index in [1.807, 2.05) is 11.0 Å². The second kappa shape index (κ2) is 8.35. The van der Waals surface area contributed by atoms with Gasteiger partial charge in [-0.3, -0.25) is 19.5 Å². The first-order valence-electron chi connectivity index (χ1n) is 10.1. The van der Waals surface area contributed by atoms with Gasteiger partial charge in [-0.2, -0.15) is 0 Å². The summed E-state index contributed by atoms with van der Waals surface area (Å²) in [4.78, 5) is 33.5. The number of carbonyl (C=O) groups is 2. The number of morpholine rings is 1. The van der Waals surface area contributed by atoms with Crippen molar-refractivity contribution in [2.24, 2.45) is 0 Å². The molecule has 0 bridgehead atoms. The highest BCUT2D eigenvalue weighted by Crippen LogP contribution is 2.26. The predicted molar refractivity (Wildman–Crippen MR) is 99.9 cm³/mol. The molecule has 27 heavy (non-hydrogen) atoms. The SMILES string of the molecule is O=C1CO[C@H](C(=O)N2CCN(C3CCCCC3)CC2)[C@@H](c2cccnc2)N1. The van der Waals surface area contributed by atoms with Gasteiger partial charge in [0.05, 0.1) is 6.04 Å². The molecule has 3 aliphatic rings. The number of carbonyl (C=O) groups excluding carboxylic acids is 2. The summed E-state index contributed by atoms with van der Waals surface area (Å²) in [6, 6.07) is 3.88. The Morgan fingerprint density at radius 3 is 2.63 bits per heavy atom. The molecule has 2 amide bonds. The third-order valence-corrected chi connectivity index (χ3v) is 6.02. The summed E-state index contributed by atoms with van der Waals surface area (Å²) < 4.78 is 5.67. The molecule has 1 saturated carbocycles. The fourth-order valence-corrected chi connectivity index (χ4v) is 4.52. The summed E-state index contributed by atoms with van der Waals surface area (Å²) in [5.41, 5.74) is 0.796. The van der Waals surface area contributed by atoms with Crippen molar-refractivity contribution in [3.63, 3.8) is 0 Å². The van der Waals surface area contributed by atoms with Crippen LogP contribution in [0, 0.1) is 0 Å². The van der Waals surface area contributed by atoms with Crippen LogP contribution in [0.15, 0.2) is 24.5 Å². The zero-order valence-electron chi connectivity index (χ0n) is 15.7. The van der Waals surface area contributed by atoms with E-state index >= 15 is 0 Å². The van der Waals surface area contributed by atoms with Gasteiger partial charge in [0.2, 0.25) is 5.91 Å². The lowest BCUT2D eigenvalue weighted by molar-refractivity contribution is -0.156. The van der Waals surface area contributed by atoms with Crippen molar-refractivity contribution in [1.82, 2.24) is 20.1 Å². The Bertz CT molecular complexity index is 654. The number of nitrogens with zero attached hydrogens (tertiary/aromatic N) is 3. The molecular formula is C20H28N4O3. The average Bonchev–Trinajstić information content (AvgIpc) is 2.74. The number of hydrogen-bond donors (Lipinski definition) is 1. The molecule has 2 atom stereocenters. The Labute approximate surface area is 160 Å². The molecule has 2 saturated heterocycles. The lowest BCUT2D eigenvalue weighted by Crippen LogP contribution is -2.58. The van der Waals surface area contributed by atoms with E-state index in [0.29, 0.717) is 6.04 Å². The van der Waals surface area contributed by atoms with Crippen LogP contribution in [-0.2, 0) is 14.3 Å². The van der Waals surface area contributed by atoms with Crippen LogP contribution in [0.1, 0.15) is 43.7 Å². The van der Waals surface area contributed by atoms with E-state index in [1.165, 1.54) is 32.1 Å². The maximum absolute atomic E-state index is 13.1. The van der Waals surface area contributed by atoms with Crippen LogP contribution in [0.2, 0.25) is 0 Å². The molecular weight excluding hydrogens is 344 g/mol. The van der Waals surface area contributed by atoms with Gasteiger partial charge >= 0.3 is 0 Å². The van der Waals surface area contributed by atoms with E-state index in [4.69, 9.17) is 4.74 Å². The van der Waals surface area contributed by atoms with Crippen molar-refractivity contribution in [3.05, 3.63) is 30.1 Å². The van der Waals surface area contributed by atoms with Gasteiger partial charge in [0.1, 0.15) is 6.61 Å². The van der Waals surface area contributed by atoms with Gasteiger partial charge in [-0.1, -0.05) is 25.3 Å². The van der Waals surface area contributed by atoms with E-state index in [9.17, 15) is 9.59 Å². The van der Waals surface area contributed by atoms with Crippen LogP contribution in [-0.4, -0.2) is 71.5 Å². The molecule has 0 unspecified atom stereocenters. The van der Waals surface area contributed by atoms with Crippen molar-refractivity contribution in [2.75, 3.05) is 32.8 Å². The minimum atomic E-state index is -0.687. The minimum absolute atomic E-state index is 0.0350. The topological polar surface area (TPSA) is 74.8 Å². The zero-order valence-corrected chi connectivity index (χ0v) is 15.7. The van der Waals surface area contributed by atoms with E-state index in [2.05, 4.69) is 15.2 Å². The van der Waals surface area contributed by atoms with Crippen molar-refractivity contribution in [3.8, 4) is 0 Å². The van der Waals surface area contributed by atoms with E-state index < -0.39 is 12.1 Å². The van der Waals surface area contributed by atoms with E-state index in [-0.39, 0.29) is 18.4 Å². The van der Waals surface area contributed by atoms with E-state index in [1.54, 1.807) is 18.5 Å². The first-order valence-corrected chi connectivity index (χ1v) is 10.1. The average molecular weight is 372 g/mol. The van der Waals surface area contributed by atoms with Crippen molar-refractivity contribution < 1.29 is 14.3 Å². The number of hydrogen-bond acceptors (Lipinski definition) is 5. The Morgan fingerprint density at radius 1 is 1.15 bits per heavy atom. The first-order chi connectivity index (χ1) is 13.2. The van der Waals surface area contributed by atoms with Crippen LogP contribution in [0.3, 0.4) is 0 Å². The fraction of sp³-hybridized carbons (Fsp3) is 0.650. The number of nitrogens with one attached hydrogen (secondary N) is 1. The van der Waals surface area contributed by atoms with Crippen LogP contribution in [0.25, 0.3) is 0 Å². The summed E-state index contributed by atoms with van der Waals surface area (Å²) in [5, 5.41) is 2.90. The molecule has 2 aliphatic heterocycles. The van der Waals surface area contributed by atoms with Gasteiger partial charge in [0, 0.05) is 44.6 Å². The van der Waals surface area contributed by atoms with Gasteiger partial charge in [0.15, 0.2) is 6.10 Å². The largest absolute Gasteiger partial charge is 0.356 e. The molecule has 1 aliphatic carbocycles. The summed E-state index contributed by atoms with van der Waals surface area (Å²) >= 11 is 0. The van der Waals surface area contributed by atoms with Crippen LogP contribution in [0.5, 0.6) is 0 Å². The second-order valence-electron chi connectivity index (χ2n) is 7.72. The molecule has 7 nitrogen and oxygen atoms in total. The predicted octanol–water partition coefficient (Wildman–Crippen LogP) is 1.11. The molecule has 4 rings (SSSR count). The lowest BCUT2D eigenvalue weighted by Gasteiger charge is -2.42. The third-order valence-electron chi connectivity index (χ3n) is 6.02. The number of piperazine rings is 1. The Kier molecular flexibility index (Phi) is 5.69. The molecule has 3 heterocycles. The minimum Gasteiger partial charge on any atom is -0.356 e. The fourth-order valence-electron chi connectivity index (χ4n) is 4.52.